The summed E-state index contributed by atoms with van der Waals surface area (Å²) in [6.07, 6.45) is -0.250. The van der Waals surface area contributed by atoms with Crippen molar-refractivity contribution in [1.29, 1.82) is 0 Å². The predicted molar refractivity (Wildman–Crippen MR) is 49.0 cm³/mol. The smallest absolute Gasteiger partial charge is 0.288 e. The number of fused-ring (bicyclic) bond motifs is 1. The first-order chi connectivity index (χ1) is 6.18. The van der Waals surface area contributed by atoms with E-state index in [4.69, 9.17) is 0 Å². The Morgan fingerprint density at radius 2 is 2.38 bits per heavy atom. The van der Waals surface area contributed by atoms with E-state index in [0.717, 1.165) is 16.8 Å². The summed E-state index contributed by atoms with van der Waals surface area (Å²) in [7, 11) is 0. The van der Waals surface area contributed by atoms with E-state index < -0.39 is 6.17 Å². The van der Waals surface area contributed by atoms with Crippen LogP contribution in [0.4, 0.5) is 5.69 Å². The molecule has 0 aromatic heterocycles. The highest BCUT2D eigenvalue weighted by Gasteiger charge is 2.29. The maximum atomic E-state index is 10.5. The zero-order valence-electron chi connectivity index (χ0n) is 6.99. The van der Waals surface area contributed by atoms with Crippen LogP contribution in [0.5, 0.6) is 0 Å². The number of nitrogens with zero attached hydrogens (tertiary/aromatic N) is 1. The van der Waals surface area contributed by atoms with Crippen molar-refractivity contribution in [3.63, 3.8) is 0 Å². The molecule has 0 bridgehead atoms. The standard InChI is InChI=1S/C9H9N2O2/c1-6-3-2-4-8-7(6)5-9(10-8)11(12)13/h2-4,9-10H,1,5H2. The predicted octanol–water partition coefficient (Wildman–Crippen LogP) is 1.44. The van der Waals surface area contributed by atoms with E-state index in [9.17, 15) is 10.1 Å². The summed E-state index contributed by atoms with van der Waals surface area (Å²) in [6, 6.07) is 5.55. The zero-order chi connectivity index (χ0) is 9.42. The van der Waals surface area contributed by atoms with Crippen molar-refractivity contribution < 1.29 is 4.92 Å². The van der Waals surface area contributed by atoms with Crippen molar-refractivity contribution >= 4 is 5.69 Å². The quantitative estimate of drug-likeness (QED) is 0.521. The number of hydrogen-bond donors (Lipinski definition) is 1. The molecule has 0 saturated carbocycles. The van der Waals surface area contributed by atoms with Gasteiger partial charge in [-0.3, -0.25) is 10.1 Å². The minimum Gasteiger partial charge on any atom is -0.323 e. The number of rotatable bonds is 1. The molecule has 0 saturated heterocycles. The second kappa shape index (κ2) is 2.73. The minimum atomic E-state index is -0.682. The van der Waals surface area contributed by atoms with Gasteiger partial charge in [0.1, 0.15) is 0 Å². The lowest BCUT2D eigenvalue weighted by molar-refractivity contribution is -0.513. The van der Waals surface area contributed by atoms with Crippen LogP contribution in [0.3, 0.4) is 0 Å². The largest absolute Gasteiger partial charge is 0.323 e. The molecular formula is C9H9N2O2. The number of anilines is 1. The van der Waals surface area contributed by atoms with Gasteiger partial charge in [0.25, 0.3) is 6.17 Å². The number of nitrogens with one attached hydrogen (secondary N) is 1. The summed E-state index contributed by atoms with van der Waals surface area (Å²) in [6.45, 7) is 3.82. The molecule has 0 amide bonds. The van der Waals surface area contributed by atoms with Crippen molar-refractivity contribution in [1.82, 2.24) is 0 Å². The SMILES string of the molecule is [CH2]c1cccc2c1CC([N+](=O)[O-])N2. The molecule has 1 N–H and O–H groups in total. The Hall–Kier alpha value is -1.58. The van der Waals surface area contributed by atoms with Gasteiger partial charge < -0.3 is 5.32 Å². The molecule has 1 atom stereocenters. The van der Waals surface area contributed by atoms with Crippen LogP contribution in [0.25, 0.3) is 0 Å². The van der Waals surface area contributed by atoms with Gasteiger partial charge in [-0.15, -0.1) is 0 Å². The first-order valence-electron chi connectivity index (χ1n) is 4.02. The fraction of sp³-hybridized carbons (Fsp3) is 0.222. The van der Waals surface area contributed by atoms with Crippen molar-refractivity contribution in [3.05, 3.63) is 46.4 Å². The van der Waals surface area contributed by atoms with Crippen molar-refractivity contribution in [2.45, 2.75) is 12.6 Å². The molecule has 1 aromatic rings. The fourth-order valence-electron chi connectivity index (χ4n) is 1.56. The maximum Gasteiger partial charge on any atom is 0.288 e. The second-order valence-corrected chi connectivity index (χ2v) is 3.09. The molecule has 1 radical (unpaired) electrons. The van der Waals surface area contributed by atoms with E-state index in [2.05, 4.69) is 12.2 Å². The Balaban J connectivity index is 2.35. The van der Waals surface area contributed by atoms with Crippen LogP contribution in [0.1, 0.15) is 11.1 Å². The van der Waals surface area contributed by atoms with Gasteiger partial charge in [-0.05, 0) is 24.1 Å². The monoisotopic (exact) mass is 177 g/mol. The molecule has 4 heteroatoms. The summed E-state index contributed by atoms with van der Waals surface area (Å²) in [5.74, 6) is 0. The maximum absolute atomic E-state index is 10.5. The zero-order valence-corrected chi connectivity index (χ0v) is 6.99. The first kappa shape index (κ1) is 8.04. The van der Waals surface area contributed by atoms with E-state index in [1.165, 1.54) is 0 Å². The van der Waals surface area contributed by atoms with E-state index >= 15 is 0 Å². The summed E-state index contributed by atoms with van der Waals surface area (Å²) in [5, 5.41) is 13.3. The van der Waals surface area contributed by atoms with Gasteiger partial charge in [0.15, 0.2) is 0 Å². The van der Waals surface area contributed by atoms with Gasteiger partial charge >= 0.3 is 0 Å². The molecule has 0 spiro atoms. The number of nitro groups is 1. The molecule has 0 fully saturated rings. The Morgan fingerprint density at radius 3 is 3.00 bits per heavy atom. The summed E-state index contributed by atoms with van der Waals surface area (Å²) in [4.78, 5) is 10.2. The Bertz CT molecular complexity index is 363. The minimum absolute atomic E-state index is 0.306. The van der Waals surface area contributed by atoms with Crippen LogP contribution in [-0.4, -0.2) is 11.1 Å². The topological polar surface area (TPSA) is 55.2 Å². The van der Waals surface area contributed by atoms with Crippen LogP contribution in [-0.2, 0) is 6.42 Å². The summed E-state index contributed by atoms with van der Waals surface area (Å²) < 4.78 is 0. The number of benzene rings is 1. The van der Waals surface area contributed by atoms with Gasteiger partial charge in [-0.2, -0.15) is 0 Å². The van der Waals surface area contributed by atoms with Gasteiger partial charge in [0, 0.05) is 10.6 Å². The van der Waals surface area contributed by atoms with Gasteiger partial charge in [-0.25, -0.2) is 0 Å². The van der Waals surface area contributed by atoms with Crippen LogP contribution < -0.4 is 5.32 Å². The average molecular weight is 177 g/mol. The fourth-order valence-corrected chi connectivity index (χ4v) is 1.56. The average Bonchev–Trinajstić information content (AvgIpc) is 2.49. The van der Waals surface area contributed by atoms with Crippen LogP contribution in [0.15, 0.2) is 18.2 Å². The lowest BCUT2D eigenvalue weighted by Gasteiger charge is -2.00. The third-order valence-electron chi connectivity index (χ3n) is 2.25. The highest BCUT2D eigenvalue weighted by Crippen LogP contribution is 2.28. The van der Waals surface area contributed by atoms with Crippen LogP contribution in [0.2, 0.25) is 0 Å². The number of hydrogen-bond acceptors (Lipinski definition) is 3. The molecule has 1 aromatic carbocycles. The molecule has 2 rings (SSSR count). The molecule has 0 aliphatic carbocycles. The van der Waals surface area contributed by atoms with Gasteiger partial charge in [-0.1, -0.05) is 12.1 Å². The Kier molecular flexibility index (Phi) is 1.69. The highest BCUT2D eigenvalue weighted by molar-refractivity contribution is 5.59. The van der Waals surface area contributed by atoms with Crippen molar-refractivity contribution in [2.24, 2.45) is 0 Å². The second-order valence-electron chi connectivity index (χ2n) is 3.09. The van der Waals surface area contributed by atoms with E-state index in [1.807, 2.05) is 18.2 Å². The summed E-state index contributed by atoms with van der Waals surface area (Å²) >= 11 is 0. The van der Waals surface area contributed by atoms with E-state index in [-0.39, 0.29) is 4.92 Å². The lowest BCUT2D eigenvalue weighted by atomic mass is 10.1. The molecule has 67 valence electrons. The molecule has 1 aliphatic heterocycles. The molecular weight excluding hydrogens is 168 g/mol. The molecule has 1 aliphatic rings. The van der Waals surface area contributed by atoms with Crippen molar-refractivity contribution in [3.8, 4) is 0 Å². The molecule has 1 unspecified atom stereocenters. The summed E-state index contributed by atoms with van der Waals surface area (Å²) in [5.41, 5.74) is 2.67. The highest BCUT2D eigenvalue weighted by atomic mass is 16.6. The van der Waals surface area contributed by atoms with E-state index in [1.54, 1.807) is 0 Å². The van der Waals surface area contributed by atoms with Crippen LogP contribution in [0, 0.1) is 17.0 Å². The third kappa shape index (κ3) is 1.24. The van der Waals surface area contributed by atoms with Gasteiger partial charge in [0.05, 0.1) is 6.42 Å². The Morgan fingerprint density at radius 1 is 1.62 bits per heavy atom. The normalized spacial score (nSPS) is 19.3. The lowest BCUT2D eigenvalue weighted by Crippen LogP contribution is -2.25. The molecule has 1 heterocycles. The van der Waals surface area contributed by atoms with Gasteiger partial charge in [0.2, 0.25) is 0 Å². The van der Waals surface area contributed by atoms with Crippen molar-refractivity contribution in [2.75, 3.05) is 5.32 Å². The first-order valence-corrected chi connectivity index (χ1v) is 4.02. The van der Waals surface area contributed by atoms with E-state index in [0.29, 0.717) is 6.42 Å². The third-order valence-corrected chi connectivity index (χ3v) is 2.25. The van der Waals surface area contributed by atoms with Crippen LogP contribution >= 0.6 is 0 Å². The Labute approximate surface area is 75.7 Å². The molecule has 13 heavy (non-hydrogen) atoms. The molecule has 4 nitrogen and oxygen atoms in total.